The molecule has 0 aromatic heterocycles. The largest absolute Gasteiger partial charge is 0.0840 e. The zero-order valence-corrected chi connectivity index (χ0v) is 14.5. The Hall–Kier alpha value is -0.400. The first-order valence-corrected chi connectivity index (χ1v) is 8.46. The van der Waals surface area contributed by atoms with Crippen LogP contribution >= 0.6 is 46.4 Å². The fraction of sp³-hybridized carbons (Fsp3) is 0.294. The summed E-state index contributed by atoms with van der Waals surface area (Å²) < 4.78 is 0. The molecule has 0 N–H and O–H groups in total. The lowest BCUT2D eigenvalue weighted by Gasteiger charge is -2.08. The number of hydrogen-bond donors (Lipinski definition) is 0. The third-order valence-corrected chi connectivity index (χ3v) is 4.89. The van der Waals surface area contributed by atoms with Crippen LogP contribution in [0.5, 0.6) is 0 Å². The van der Waals surface area contributed by atoms with Crippen molar-refractivity contribution in [3.05, 3.63) is 67.6 Å². The molecule has 0 aliphatic heterocycles. The maximum atomic E-state index is 6.16. The molecule has 0 radical (unpaired) electrons. The van der Waals surface area contributed by atoms with Crippen LogP contribution in [0.1, 0.15) is 30.4 Å². The summed E-state index contributed by atoms with van der Waals surface area (Å²) in [6.07, 6.45) is 4.98. The monoisotopic (exact) mass is 360 g/mol. The van der Waals surface area contributed by atoms with Crippen LogP contribution in [0, 0.1) is 0 Å². The molecular weight excluding hydrogens is 346 g/mol. The Labute approximate surface area is 146 Å². The number of unbranched alkanes of at least 4 members (excludes halogenated alkanes) is 2. The molecule has 0 aliphatic carbocycles. The molecule has 0 saturated carbocycles. The Morgan fingerprint density at radius 2 is 0.857 bits per heavy atom. The molecule has 0 saturated heterocycles. The van der Waals surface area contributed by atoms with Gasteiger partial charge in [-0.2, -0.15) is 0 Å². The summed E-state index contributed by atoms with van der Waals surface area (Å²) in [6.45, 7) is 0. The van der Waals surface area contributed by atoms with Crippen LogP contribution in [0.3, 0.4) is 0 Å². The Balaban J connectivity index is 1.81. The lowest BCUT2D eigenvalue weighted by atomic mass is 10.0. The van der Waals surface area contributed by atoms with Crippen LogP contribution in [0.15, 0.2) is 36.4 Å². The second-order valence-corrected chi connectivity index (χ2v) is 6.59. The summed E-state index contributed by atoms with van der Waals surface area (Å²) in [4.78, 5) is 0. The lowest BCUT2D eigenvalue weighted by Crippen LogP contribution is -1.92. The van der Waals surface area contributed by atoms with Crippen LogP contribution in [0.2, 0.25) is 20.1 Å². The number of benzene rings is 2. The van der Waals surface area contributed by atoms with Gasteiger partial charge >= 0.3 is 0 Å². The predicted molar refractivity (Wildman–Crippen MR) is 94.2 cm³/mol. The van der Waals surface area contributed by atoms with Crippen molar-refractivity contribution in [3.63, 3.8) is 0 Å². The van der Waals surface area contributed by atoms with E-state index in [9.17, 15) is 0 Å². The first-order chi connectivity index (χ1) is 10.1. The highest BCUT2D eigenvalue weighted by Gasteiger charge is 2.07. The second kappa shape index (κ2) is 8.29. The van der Waals surface area contributed by atoms with Crippen LogP contribution in [-0.2, 0) is 12.8 Å². The van der Waals surface area contributed by atoms with E-state index >= 15 is 0 Å². The number of rotatable bonds is 6. The van der Waals surface area contributed by atoms with E-state index in [0.29, 0.717) is 0 Å². The predicted octanol–water partition coefficient (Wildman–Crippen LogP) is 7.26. The van der Waals surface area contributed by atoms with Crippen molar-refractivity contribution in [1.29, 1.82) is 0 Å². The highest BCUT2D eigenvalue weighted by molar-refractivity contribution is 6.36. The van der Waals surface area contributed by atoms with E-state index in [2.05, 4.69) is 0 Å². The number of hydrogen-bond acceptors (Lipinski definition) is 0. The van der Waals surface area contributed by atoms with Crippen molar-refractivity contribution in [2.45, 2.75) is 32.1 Å². The van der Waals surface area contributed by atoms with Gasteiger partial charge in [0.15, 0.2) is 0 Å². The molecule has 0 spiro atoms. The van der Waals surface area contributed by atoms with Gasteiger partial charge < -0.3 is 0 Å². The second-order valence-electron chi connectivity index (χ2n) is 4.96. The molecule has 0 atom stereocenters. The minimum absolute atomic E-state index is 0.747. The van der Waals surface area contributed by atoms with Gasteiger partial charge in [0.05, 0.1) is 0 Å². The minimum Gasteiger partial charge on any atom is -0.0840 e. The van der Waals surface area contributed by atoms with E-state index in [0.717, 1.165) is 63.3 Å². The van der Waals surface area contributed by atoms with Crippen LogP contribution in [0.25, 0.3) is 0 Å². The normalized spacial score (nSPS) is 10.9. The van der Waals surface area contributed by atoms with Crippen LogP contribution in [0.4, 0.5) is 0 Å². The number of halogens is 4. The molecule has 4 heteroatoms. The average molecular weight is 362 g/mol. The third-order valence-electron chi connectivity index (χ3n) is 3.48. The van der Waals surface area contributed by atoms with Gasteiger partial charge in [0.25, 0.3) is 0 Å². The van der Waals surface area contributed by atoms with Crippen molar-refractivity contribution in [2.75, 3.05) is 0 Å². The molecule has 112 valence electrons. The van der Waals surface area contributed by atoms with Gasteiger partial charge in [-0.3, -0.25) is 0 Å². The zero-order valence-electron chi connectivity index (χ0n) is 11.5. The fourth-order valence-corrected chi connectivity index (χ4v) is 3.50. The molecule has 0 bridgehead atoms. The standard InChI is InChI=1S/C17H16Cl4/c18-14-8-4-9-15(19)12(14)6-2-1-3-7-13-16(20)10-5-11-17(13)21/h4-5,8-11H,1-3,6-7H2. The van der Waals surface area contributed by atoms with Gasteiger partial charge in [-0.25, -0.2) is 0 Å². The van der Waals surface area contributed by atoms with Gasteiger partial charge in [0, 0.05) is 20.1 Å². The van der Waals surface area contributed by atoms with Gasteiger partial charge in [0.2, 0.25) is 0 Å². The summed E-state index contributed by atoms with van der Waals surface area (Å²) in [7, 11) is 0. The summed E-state index contributed by atoms with van der Waals surface area (Å²) >= 11 is 24.6. The van der Waals surface area contributed by atoms with E-state index in [4.69, 9.17) is 46.4 Å². The van der Waals surface area contributed by atoms with Crippen LogP contribution < -0.4 is 0 Å². The molecule has 2 aromatic carbocycles. The highest BCUT2D eigenvalue weighted by Crippen LogP contribution is 2.28. The molecule has 21 heavy (non-hydrogen) atoms. The SMILES string of the molecule is Clc1cccc(Cl)c1CCCCCc1c(Cl)cccc1Cl. The van der Waals surface area contributed by atoms with Crippen molar-refractivity contribution in [3.8, 4) is 0 Å². The summed E-state index contributed by atoms with van der Waals surface area (Å²) in [5.74, 6) is 0. The molecular formula is C17H16Cl4. The van der Waals surface area contributed by atoms with Crippen molar-refractivity contribution in [1.82, 2.24) is 0 Å². The van der Waals surface area contributed by atoms with Gasteiger partial charge in [-0.05, 0) is 61.1 Å². The molecule has 0 fully saturated rings. The van der Waals surface area contributed by atoms with E-state index in [-0.39, 0.29) is 0 Å². The van der Waals surface area contributed by atoms with Crippen molar-refractivity contribution >= 4 is 46.4 Å². The summed E-state index contributed by atoms with van der Waals surface area (Å²) in [6, 6.07) is 11.3. The maximum Gasteiger partial charge on any atom is 0.0452 e. The van der Waals surface area contributed by atoms with Gasteiger partial charge in [-0.1, -0.05) is 65.0 Å². The van der Waals surface area contributed by atoms with Crippen molar-refractivity contribution in [2.24, 2.45) is 0 Å². The zero-order chi connectivity index (χ0) is 15.2. The summed E-state index contributed by atoms with van der Waals surface area (Å²) in [5, 5.41) is 2.99. The molecule has 2 rings (SSSR count). The Morgan fingerprint density at radius 3 is 1.19 bits per heavy atom. The molecule has 2 aromatic rings. The smallest absolute Gasteiger partial charge is 0.0452 e. The third kappa shape index (κ3) is 4.79. The molecule has 0 unspecified atom stereocenters. The summed E-state index contributed by atoms with van der Waals surface area (Å²) in [5.41, 5.74) is 2.08. The van der Waals surface area contributed by atoms with Crippen LogP contribution in [-0.4, -0.2) is 0 Å². The van der Waals surface area contributed by atoms with E-state index < -0.39 is 0 Å². The molecule has 0 nitrogen and oxygen atoms in total. The van der Waals surface area contributed by atoms with Gasteiger partial charge in [-0.15, -0.1) is 0 Å². The lowest BCUT2D eigenvalue weighted by molar-refractivity contribution is 0.679. The van der Waals surface area contributed by atoms with E-state index in [1.165, 1.54) is 0 Å². The van der Waals surface area contributed by atoms with E-state index in [1.54, 1.807) is 0 Å². The topological polar surface area (TPSA) is 0 Å². The molecule has 0 heterocycles. The highest BCUT2D eigenvalue weighted by atomic mass is 35.5. The van der Waals surface area contributed by atoms with Gasteiger partial charge in [0.1, 0.15) is 0 Å². The quantitative estimate of drug-likeness (QED) is 0.475. The Morgan fingerprint density at radius 1 is 0.524 bits per heavy atom. The van der Waals surface area contributed by atoms with E-state index in [1.807, 2.05) is 36.4 Å². The first kappa shape index (κ1) is 17.0. The molecule has 0 aliphatic rings. The minimum atomic E-state index is 0.747. The van der Waals surface area contributed by atoms with Crippen molar-refractivity contribution < 1.29 is 0 Å². The Bertz CT molecular complexity index is 514. The average Bonchev–Trinajstić information content (AvgIpc) is 2.44. The maximum absolute atomic E-state index is 6.16. The molecule has 0 amide bonds. The fourth-order valence-electron chi connectivity index (χ4n) is 2.32. The Kier molecular flexibility index (Phi) is 6.70. The first-order valence-electron chi connectivity index (χ1n) is 6.95.